The van der Waals surface area contributed by atoms with E-state index in [0.29, 0.717) is 0 Å². The van der Waals surface area contributed by atoms with Crippen molar-refractivity contribution in [2.45, 2.75) is 85.5 Å². The summed E-state index contributed by atoms with van der Waals surface area (Å²) in [6, 6.07) is 50.7. The summed E-state index contributed by atoms with van der Waals surface area (Å²) in [6.45, 7) is 22.7. The van der Waals surface area contributed by atoms with Crippen LogP contribution in [-0.2, 0) is 38.6 Å². The fourth-order valence-electron chi connectivity index (χ4n) is 9.09. The monoisotopic (exact) mass is 922 g/mol. The molecule has 2 aromatic heterocycles. The van der Waals surface area contributed by atoms with Crippen molar-refractivity contribution in [3.8, 4) is 33.5 Å². The molecule has 3 heterocycles. The van der Waals surface area contributed by atoms with Gasteiger partial charge in [0, 0.05) is 5.69 Å². The first kappa shape index (κ1) is 38.9. The van der Waals surface area contributed by atoms with Gasteiger partial charge < -0.3 is 4.98 Å². The van der Waals surface area contributed by atoms with Crippen LogP contribution in [0.3, 0.4) is 0 Å². The Bertz CT molecular complexity index is 2810. The summed E-state index contributed by atoms with van der Waals surface area (Å²) >= 11 is 0. The van der Waals surface area contributed by atoms with Crippen molar-refractivity contribution in [3.05, 3.63) is 183 Å². The largest absolute Gasteiger partial charge is 3.00 e. The van der Waals surface area contributed by atoms with E-state index in [1.807, 2.05) is 0 Å². The van der Waals surface area contributed by atoms with E-state index in [4.69, 9.17) is 9.97 Å². The maximum absolute atomic E-state index is 5.84. The van der Waals surface area contributed by atoms with Gasteiger partial charge >= 0.3 is 22.4 Å². The summed E-state index contributed by atoms with van der Waals surface area (Å²) in [5.74, 6) is 0. The molecule has 0 saturated carbocycles. The van der Waals surface area contributed by atoms with E-state index in [0.717, 1.165) is 72.5 Å². The molecule has 3 heteroatoms. The van der Waals surface area contributed by atoms with Gasteiger partial charge in [0.1, 0.15) is 0 Å². The Morgan fingerprint density at radius 2 is 1.00 bits per heavy atom. The number of nitrogens with zero attached hydrogens (tertiary/aromatic N) is 2. The van der Waals surface area contributed by atoms with Crippen LogP contribution in [0.2, 0.25) is 0 Å². The first-order valence-electron chi connectivity index (χ1n) is 19.9. The van der Waals surface area contributed by atoms with Crippen LogP contribution in [0.4, 0.5) is 0 Å². The average molecular weight is 923 g/mol. The molecule has 0 unspecified atom stereocenters. The van der Waals surface area contributed by atoms with Gasteiger partial charge in [0.25, 0.3) is 0 Å². The van der Waals surface area contributed by atoms with E-state index in [9.17, 15) is 0 Å². The maximum Gasteiger partial charge on any atom is 3.00 e. The molecule has 1 aliphatic rings. The summed E-state index contributed by atoms with van der Waals surface area (Å²) in [7, 11) is 0. The second kappa shape index (κ2) is 13.8. The molecule has 8 bridgehead atoms. The predicted molar refractivity (Wildman–Crippen MR) is 235 cm³/mol. The summed E-state index contributed by atoms with van der Waals surface area (Å²) in [6.07, 6.45) is 0. The van der Waals surface area contributed by atoms with E-state index in [1.54, 1.807) is 0 Å². The molecule has 0 fully saturated rings. The van der Waals surface area contributed by atoms with Gasteiger partial charge in [0.15, 0.2) is 0 Å². The van der Waals surface area contributed by atoms with Crippen LogP contribution in [-0.4, -0.2) is 4.98 Å². The van der Waals surface area contributed by atoms with E-state index in [2.05, 4.69) is 197 Å². The van der Waals surface area contributed by atoms with Crippen LogP contribution in [0.25, 0.3) is 55.3 Å². The smallest absolute Gasteiger partial charge is 0.663 e. The van der Waals surface area contributed by atoms with Gasteiger partial charge in [-0.05, 0) is 55.5 Å². The predicted octanol–water partition coefficient (Wildman–Crippen LogP) is 13.5. The Morgan fingerprint density at radius 1 is 0.509 bits per heavy atom. The molecule has 1 aliphatic heterocycles. The van der Waals surface area contributed by atoms with Crippen molar-refractivity contribution < 1.29 is 22.4 Å². The summed E-state index contributed by atoms with van der Waals surface area (Å²) in [5.41, 5.74) is 18.8. The topological polar surface area (TPSA) is 27.0 Å². The number of benzene rings is 6. The van der Waals surface area contributed by atoms with Crippen molar-refractivity contribution >= 4 is 21.8 Å². The Morgan fingerprint density at radius 3 is 1.56 bits per heavy atom. The molecule has 0 aliphatic carbocycles. The van der Waals surface area contributed by atoms with E-state index < -0.39 is 5.41 Å². The fourth-order valence-corrected chi connectivity index (χ4v) is 9.09. The summed E-state index contributed by atoms with van der Waals surface area (Å²) < 4.78 is 0. The van der Waals surface area contributed by atoms with Crippen molar-refractivity contribution in [2.75, 3.05) is 0 Å². The molecule has 57 heavy (non-hydrogen) atoms. The van der Waals surface area contributed by atoms with Crippen LogP contribution >= 0.6 is 0 Å². The second-order valence-electron chi connectivity index (χ2n) is 18.1. The Hall–Kier alpha value is -4.99. The molecule has 286 valence electrons. The first-order chi connectivity index (χ1) is 26.7. The maximum atomic E-state index is 5.84. The standard InChI is InChI=1S/C54H49N2.Au/c1-32-24-34(3)42-30-40(32)41-31-43(35(4)25-33(41)2)48-22-17-23-49(55-48)54(36-18-13-11-14-19-36,37-20-15-12-16-21-37)47-29-39(53(8,9)10)28-46-45-27-38(52(5,6)7)26-44(42)50(45)56-51(46)47;/h11-29H,1-10H3;/q-3;+3. The van der Waals surface area contributed by atoms with Gasteiger partial charge in [0.2, 0.25) is 0 Å². The second-order valence-corrected chi connectivity index (χ2v) is 18.1. The third kappa shape index (κ3) is 6.16. The molecule has 2 nitrogen and oxygen atoms in total. The number of hydrogen-bond donors (Lipinski definition) is 0. The number of hydrogen-bond acceptors (Lipinski definition) is 1. The third-order valence-electron chi connectivity index (χ3n) is 12.1. The van der Waals surface area contributed by atoms with Gasteiger partial charge in [-0.1, -0.05) is 172 Å². The minimum absolute atomic E-state index is 0. The molecule has 0 N–H and O–H groups in total. The van der Waals surface area contributed by atoms with Crippen LogP contribution in [0, 0.1) is 39.8 Å². The summed E-state index contributed by atoms with van der Waals surface area (Å²) in [4.78, 5) is 11.6. The molecule has 0 amide bonds. The van der Waals surface area contributed by atoms with Crippen molar-refractivity contribution in [2.24, 2.45) is 0 Å². The number of aromatic nitrogens is 2. The minimum Gasteiger partial charge on any atom is -0.663 e. The molecule has 9 rings (SSSR count). The molecule has 8 aromatic rings. The Kier molecular flexibility index (Phi) is 9.44. The number of fused-ring (bicyclic) bond motifs is 10. The molecular weight excluding hydrogens is 874 g/mol. The zero-order valence-corrected chi connectivity index (χ0v) is 36.8. The van der Waals surface area contributed by atoms with Gasteiger partial charge in [0.05, 0.1) is 11.1 Å². The molecule has 0 spiro atoms. The Balaban J connectivity index is 0.00000455. The van der Waals surface area contributed by atoms with E-state index >= 15 is 0 Å². The number of aryl methyl sites for hydroxylation is 4. The third-order valence-corrected chi connectivity index (χ3v) is 12.1. The van der Waals surface area contributed by atoms with E-state index in [1.165, 1.54) is 38.6 Å². The van der Waals surface area contributed by atoms with Crippen LogP contribution < -0.4 is 4.98 Å². The van der Waals surface area contributed by atoms with Crippen molar-refractivity contribution in [1.82, 2.24) is 9.97 Å². The van der Waals surface area contributed by atoms with Gasteiger partial charge in [-0.2, -0.15) is 28.8 Å². The van der Waals surface area contributed by atoms with Gasteiger partial charge in [-0.15, -0.1) is 51.0 Å². The fraction of sp³-hybridized carbons (Fsp3) is 0.241. The van der Waals surface area contributed by atoms with E-state index in [-0.39, 0.29) is 33.2 Å². The van der Waals surface area contributed by atoms with Crippen LogP contribution in [0.5, 0.6) is 0 Å². The molecule has 0 atom stereocenters. The van der Waals surface area contributed by atoms with Gasteiger partial charge in [-0.3, -0.25) is 4.98 Å². The zero-order valence-electron chi connectivity index (χ0n) is 34.7. The normalized spacial score (nSPS) is 13.4. The average Bonchev–Trinajstić information content (AvgIpc) is 3.54. The molecule has 0 radical (unpaired) electrons. The van der Waals surface area contributed by atoms with Crippen LogP contribution in [0.15, 0.2) is 115 Å². The quantitative estimate of drug-likeness (QED) is 0.128. The van der Waals surface area contributed by atoms with Crippen LogP contribution in [0.1, 0.15) is 97.3 Å². The SMILES string of the molecule is Cc1cc(C)c2[c-]c1-c1cccc(n1)C(c1ccccc1)(c1ccccc1)c1cc(C(C)(C)C)cc3c1[n-]c1c(cc(C(C)(C)C)cc13)-c1[c-]c-2c(C)cc1C.[Au+3]. The Labute approximate surface area is 354 Å². The summed E-state index contributed by atoms with van der Waals surface area (Å²) in [5, 5.41) is 2.35. The van der Waals surface area contributed by atoms with Crippen molar-refractivity contribution in [1.29, 1.82) is 0 Å². The molecule has 6 aromatic carbocycles. The van der Waals surface area contributed by atoms with Gasteiger partial charge in [-0.25, -0.2) is 0 Å². The molecule has 0 saturated heterocycles. The first-order valence-corrected chi connectivity index (χ1v) is 19.9. The minimum atomic E-state index is -0.819. The zero-order chi connectivity index (χ0) is 39.3. The van der Waals surface area contributed by atoms with Crippen molar-refractivity contribution in [3.63, 3.8) is 0 Å². The molecular formula is C54H49AuN2. The number of pyridine rings is 1. The number of rotatable bonds is 2.